The first-order valence-corrected chi connectivity index (χ1v) is 10.7. The van der Waals surface area contributed by atoms with Crippen LogP contribution in [-0.4, -0.2) is 83.9 Å². The highest BCUT2D eigenvalue weighted by Gasteiger charge is 2.28. The molecule has 1 atom stereocenters. The van der Waals surface area contributed by atoms with Crippen molar-refractivity contribution in [1.82, 2.24) is 24.8 Å². The molecule has 1 aliphatic heterocycles. The summed E-state index contributed by atoms with van der Waals surface area (Å²) in [6.45, 7) is 1.74. The molecule has 0 radical (unpaired) electrons. The number of nitrogens with zero attached hydrogens (tertiary/aromatic N) is 5. The quantitative estimate of drug-likeness (QED) is 0.534. The van der Waals surface area contributed by atoms with Crippen LogP contribution >= 0.6 is 0 Å². The number of sulfonamides is 1. The van der Waals surface area contributed by atoms with Crippen molar-refractivity contribution in [2.75, 3.05) is 37.3 Å². The number of hydrogen-bond donors (Lipinski definition) is 3. The highest BCUT2D eigenvalue weighted by atomic mass is 32.2. The highest BCUT2D eigenvalue weighted by Crippen LogP contribution is 2.22. The van der Waals surface area contributed by atoms with Crippen LogP contribution in [0.1, 0.15) is 5.82 Å². The Labute approximate surface area is 172 Å². The zero-order valence-electron chi connectivity index (χ0n) is 16.2. The maximum Gasteiger partial charge on any atom is 0.279 e. The number of allylic oxidation sites excluding steroid dienone is 1. The molecule has 1 aliphatic rings. The summed E-state index contributed by atoms with van der Waals surface area (Å²) in [7, 11) is -1.76. The van der Waals surface area contributed by atoms with Crippen LogP contribution in [0.2, 0.25) is 0 Å². The maximum absolute atomic E-state index is 12.4. The zero-order valence-corrected chi connectivity index (χ0v) is 17.0. The number of nitrogens with two attached hydrogens (primary N) is 1. The molecule has 0 aliphatic carbocycles. The van der Waals surface area contributed by atoms with E-state index in [-0.39, 0.29) is 11.8 Å². The second kappa shape index (κ2) is 8.93. The van der Waals surface area contributed by atoms with Crippen molar-refractivity contribution >= 4 is 27.6 Å². The number of primary sulfonamides is 1. The average Bonchev–Trinajstić information content (AvgIpc) is 3.16. The Morgan fingerprint density at radius 1 is 1.40 bits per heavy atom. The molecule has 0 spiro atoms. The predicted molar refractivity (Wildman–Crippen MR) is 109 cm³/mol. The SMILES string of the molecule is CN1CCN(c2cc(-c3cnc(/C=C\C(=N)C(F)F)[nH]3)ncn2)CC1CS(N)(=O)=O. The van der Waals surface area contributed by atoms with Crippen molar-refractivity contribution in [2.24, 2.45) is 5.14 Å². The first kappa shape index (κ1) is 21.9. The number of imidazole rings is 1. The van der Waals surface area contributed by atoms with Crippen molar-refractivity contribution in [3.05, 3.63) is 30.5 Å². The number of nitrogens with one attached hydrogen (secondary N) is 2. The van der Waals surface area contributed by atoms with Gasteiger partial charge < -0.3 is 9.88 Å². The number of hydrogen-bond acceptors (Lipinski definition) is 8. The number of H-pyrrole nitrogens is 1. The summed E-state index contributed by atoms with van der Waals surface area (Å²) in [5.74, 6) is 0.781. The molecule has 162 valence electrons. The fourth-order valence-corrected chi connectivity index (χ4v) is 3.96. The van der Waals surface area contributed by atoms with Gasteiger partial charge in [0.1, 0.15) is 18.0 Å². The Hall–Kier alpha value is -2.77. The Bertz CT molecular complexity index is 1040. The van der Waals surface area contributed by atoms with Gasteiger partial charge in [-0.25, -0.2) is 37.3 Å². The van der Waals surface area contributed by atoms with Gasteiger partial charge in [0.05, 0.1) is 29.0 Å². The third-order valence-corrected chi connectivity index (χ3v) is 5.56. The first-order valence-electron chi connectivity index (χ1n) is 9.00. The third kappa shape index (κ3) is 5.64. The van der Waals surface area contributed by atoms with Crippen LogP contribution < -0.4 is 10.0 Å². The second-order valence-electron chi connectivity index (χ2n) is 6.94. The molecule has 0 amide bonds. The van der Waals surface area contributed by atoms with E-state index in [2.05, 4.69) is 19.9 Å². The second-order valence-corrected chi connectivity index (χ2v) is 8.60. The van der Waals surface area contributed by atoms with Crippen LogP contribution in [0.4, 0.5) is 14.6 Å². The van der Waals surface area contributed by atoms with Gasteiger partial charge in [-0.15, -0.1) is 0 Å². The predicted octanol–water partition coefficient (Wildman–Crippen LogP) is 0.574. The van der Waals surface area contributed by atoms with E-state index in [4.69, 9.17) is 10.5 Å². The number of aromatic amines is 1. The van der Waals surface area contributed by atoms with Gasteiger partial charge in [-0.1, -0.05) is 0 Å². The molecule has 30 heavy (non-hydrogen) atoms. The lowest BCUT2D eigenvalue weighted by molar-refractivity contribution is 0.226. The number of rotatable bonds is 7. The summed E-state index contributed by atoms with van der Waals surface area (Å²) in [5.41, 5.74) is 0.288. The monoisotopic (exact) mass is 440 g/mol. The molecule has 0 saturated carbocycles. The smallest absolute Gasteiger partial charge is 0.279 e. The molecule has 3 rings (SSSR count). The van der Waals surface area contributed by atoms with Gasteiger partial charge in [-0.2, -0.15) is 0 Å². The van der Waals surface area contributed by atoms with E-state index in [1.165, 1.54) is 18.6 Å². The van der Waals surface area contributed by atoms with Crippen molar-refractivity contribution in [1.29, 1.82) is 5.41 Å². The molecule has 3 heterocycles. The van der Waals surface area contributed by atoms with E-state index >= 15 is 0 Å². The van der Waals surface area contributed by atoms with Gasteiger partial charge >= 0.3 is 0 Å². The Kier molecular flexibility index (Phi) is 6.53. The minimum absolute atomic E-state index is 0.151. The van der Waals surface area contributed by atoms with Crippen LogP contribution in [-0.2, 0) is 10.0 Å². The van der Waals surface area contributed by atoms with E-state index in [0.29, 0.717) is 42.7 Å². The van der Waals surface area contributed by atoms with Crippen LogP contribution in [0.3, 0.4) is 0 Å². The largest absolute Gasteiger partial charge is 0.354 e. The Balaban J connectivity index is 1.76. The summed E-state index contributed by atoms with van der Waals surface area (Å²) in [5, 5.41) is 12.3. The molecule has 0 bridgehead atoms. The van der Waals surface area contributed by atoms with Crippen LogP contribution in [0.5, 0.6) is 0 Å². The number of anilines is 1. The summed E-state index contributed by atoms with van der Waals surface area (Å²) in [6.07, 6.45) is 2.32. The molecule has 13 heteroatoms. The van der Waals surface area contributed by atoms with Crippen molar-refractivity contribution in [3.63, 3.8) is 0 Å². The number of likely N-dealkylation sites (N-methyl/N-ethyl adjacent to an activating group) is 1. The van der Waals surface area contributed by atoms with Crippen LogP contribution in [0.15, 0.2) is 24.7 Å². The summed E-state index contributed by atoms with van der Waals surface area (Å²) in [6, 6.07) is 1.47. The van der Waals surface area contributed by atoms with Gasteiger partial charge in [-0.3, -0.25) is 10.3 Å². The number of halogens is 2. The first-order chi connectivity index (χ1) is 14.1. The van der Waals surface area contributed by atoms with Gasteiger partial charge in [0.25, 0.3) is 6.43 Å². The molecule has 1 fully saturated rings. The molecule has 2 aromatic rings. The van der Waals surface area contributed by atoms with E-state index in [1.807, 2.05) is 16.8 Å². The standard InChI is InChI=1S/C17H22F2N8O2S/c1-26-4-5-27(8-11(26)9-30(21,28)29)16-6-13(23-10-24-16)14-7-22-15(25-14)3-2-12(20)17(18)19/h2-3,6-7,10-11,17,20H,4-5,8-9H2,1H3,(H,22,25)(H2,21,28,29)/b3-2-,20-12?. The molecular weight excluding hydrogens is 418 g/mol. The van der Waals surface area contributed by atoms with E-state index in [0.717, 1.165) is 6.08 Å². The molecule has 1 saturated heterocycles. The molecule has 0 aromatic carbocycles. The van der Waals surface area contributed by atoms with Gasteiger partial charge in [-0.05, 0) is 19.2 Å². The Morgan fingerprint density at radius 2 is 2.17 bits per heavy atom. The summed E-state index contributed by atoms with van der Waals surface area (Å²) < 4.78 is 47.8. The van der Waals surface area contributed by atoms with Crippen LogP contribution in [0, 0.1) is 5.41 Å². The van der Waals surface area contributed by atoms with Gasteiger partial charge in [0.15, 0.2) is 0 Å². The van der Waals surface area contributed by atoms with E-state index in [1.54, 1.807) is 6.07 Å². The number of alkyl halides is 2. The molecule has 4 N–H and O–H groups in total. The summed E-state index contributed by atoms with van der Waals surface area (Å²) in [4.78, 5) is 19.4. The number of piperazine rings is 1. The highest BCUT2D eigenvalue weighted by molar-refractivity contribution is 7.89. The topological polar surface area (TPSA) is 145 Å². The van der Waals surface area contributed by atoms with Gasteiger partial charge in [0, 0.05) is 31.7 Å². The molecule has 10 nitrogen and oxygen atoms in total. The lowest BCUT2D eigenvalue weighted by Crippen LogP contribution is -2.54. The lowest BCUT2D eigenvalue weighted by Gasteiger charge is -2.39. The normalized spacial score (nSPS) is 18.4. The van der Waals surface area contributed by atoms with Gasteiger partial charge in [0.2, 0.25) is 10.0 Å². The van der Waals surface area contributed by atoms with Crippen molar-refractivity contribution in [2.45, 2.75) is 12.5 Å². The van der Waals surface area contributed by atoms with Crippen molar-refractivity contribution in [3.8, 4) is 11.4 Å². The maximum atomic E-state index is 12.4. The minimum atomic E-state index is -3.61. The zero-order chi connectivity index (χ0) is 21.9. The molecule has 1 unspecified atom stereocenters. The summed E-state index contributed by atoms with van der Waals surface area (Å²) >= 11 is 0. The minimum Gasteiger partial charge on any atom is -0.354 e. The van der Waals surface area contributed by atoms with E-state index in [9.17, 15) is 17.2 Å². The van der Waals surface area contributed by atoms with Crippen LogP contribution in [0.25, 0.3) is 17.5 Å². The fraction of sp³-hybridized carbons (Fsp3) is 0.412. The third-order valence-electron chi connectivity index (χ3n) is 4.71. The Morgan fingerprint density at radius 3 is 2.87 bits per heavy atom. The molecule has 2 aromatic heterocycles. The van der Waals surface area contributed by atoms with E-state index < -0.39 is 22.2 Å². The molecular formula is C17H22F2N8O2S. The van der Waals surface area contributed by atoms with Crippen molar-refractivity contribution < 1.29 is 17.2 Å². The lowest BCUT2D eigenvalue weighted by atomic mass is 10.2. The number of aromatic nitrogens is 4. The fourth-order valence-electron chi connectivity index (χ4n) is 3.06. The average molecular weight is 440 g/mol.